The molecule has 124 valence electrons. The van der Waals surface area contributed by atoms with Gasteiger partial charge in [0.05, 0.1) is 5.41 Å². The molecule has 1 spiro atoms. The van der Waals surface area contributed by atoms with Crippen LogP contribution < -0.4 is 5.73 Å². The minimum Gasteiger partial charge on any atom is -0.342 e. The molecule has 0 unspecified atom stereocenters. The molecule has 3 nitrogen and oxygen atoms in total. The third kappa shape index (κ3) is 3.73. The topological polar surface area (TPSA) is 46.3 Å². The van der Waals surface area contributed by atoms with Crippen molar-refractivity contribution in [1.82, 2.24) is 4.90 Å². The van der Waals surface area contributed by atoms with Crippen LogP contribution in [0.25, 0.3) is 0 Å². The lowest BCUT2D eigenvalue weighted by molar-refractivity contribution is -0.146. The van der Waals surface area contributed by atoms with Crippen LogP contribution in [0.1, 0.15) is 71.6 Å². The normalized spacial score (nSPS) is 22.0. The quantitative estimate of drug-likeness (QED) is 0.858. The molecular formula is C17H33ClN2O. The van der Waals surface area contributed by atoms with E-state index < -0.39 is 0 Å². The molecule has 0 aromatic rings. The van der Waals surface area contributed by atoms with Crippen molar-refractivity contribution in [3.63, 3.8) is 0 Å². The van der Waals surface area contributed by atoms with E-state index in [1.165, 1.54) is 44.9 Å². The highest BCUT2D eigenvalue weighted by molar-refractivity contribution is 5.85. The van der Waals surface area contributed by atoms with Crippen molar-refractivity contribution in [1.29, 1.82) is 0 Å². The van der Waals surface area contributed by atoms with Crippen molar-refractivity contribution >= 4 is 18.3 Å². The number of nitrogens with two attached hydrogens (primary N) is 1. The maximum absolute atomic E-state index is 13.0. The zero-order valence-electron chi connectivity index (χ0n) is 13.8. The third-order valence-electron chi connectivity index (χ3n) is 6.06. The van der Waals surface area contributed by atoms with E-state index in [2.05, 4.69) is 18.7 Å². The smallest absolute Gasteiger partial charge is 0.230 e. The van der Waals surface area contributed by atoms with Crippen LogP contribution in [0.15, 0.2) is 0 Å². The summed E-state index contributed by atoms with van der Waals surface area (Å²) < 4.78 is 0. The first-order valence-corrected chi connectivity index (χ1v) is 8.61. The zero-order valence-corrected chi connectivity index (χ0v) is 14.6. The molecule has 1 aliphatic carbocycles. The van der Waals surface area contributed by atoms with E-state index in [0.29, 0.717) is 17.9 Å². The molecule has 0 aromatic heterocycles. The molecule has 2 aliphatic rings. The zero-order chi connectivity index (χ0) is 14.6. The lowest BCUT2D eigenvalue weighted by Gasteiger charge is -2.47. The van der Waals surface area contributed by atoms with Crippen LogP contribution >= 0.6 is 12.4 Å². The molecule has 2 N–H and O–H groups in total. The molecular weight excluding hydrogens is 284 g/mol. The first-order chi connectivity index (χ1) is 9.61. The van der Waals surface area contributed by atoms with Crippen molar-refractivity contribution in [3.05, 3.63) is 0 Å². The van der Waals surface area contributed by atoms with E-state index in [4.69, 9.17) is 5.73 Å². The molecule has 0 bridgehead atoms. The van der Waals surface area contributed by atoms with Gasteiger partial charge in [-0.05, 0) is 43.9 Å². The number of carbonyl (C=O) groups is 1. The summed E-state index contributed by atoms with van der Waals surface area (Å²) in [5.74, 6) is 0.328. The van der Waals surface area contributed by atoms with Crippen molar-refractivity contribution < 1.29 is 4.79 Å². The molecule has 1 aliphatic heterocycles. The van der Waals surface area contributed by atoms with Crippen molar-refractivity contribution in [2.75, 3.05) is 19.6 Å². The number of nitrogens with zero attached hydrogens (tertiary/aromatic N) is 1. The second-order valence-corrected chi connectivity index (χ2v) is 7.08. The highest BCUT2D eigenvalue weighted by atomic mass is 35.5. The second-order valence-electron chi connectivity index (χ2n) is 7.08. The lowest BCUT2D eigenvalue weighted by atomic mass is 9.68. The fraction of sp³-hybridized carbons (Fsp3) is 0.941. The summed E-state index contributed by atoms with van der Waals surface area (Å²) in [5.41, 5.74) is 6.09. The monoisotopic (exact) mass is 316 g/mol. The number of hydrogen-bond donors (Lipinski definition) is 1. The molecule has 2 rings (SSSR count). The Morgan fingerprint density at radius 1 is 1.10 bits per heavy atom. The minimum absolute atomic E-state index is 0. The van der Waals surface area contributed by atoms with Gasteiger partial charge in [-0.25, -0.2) is 0 Å². The van der Waals surface area contributed by atoms with Gasteiger partial charge in [-0.1, -0.05) is 33.1 Å². The van der Waals surface area contributed by atoms with E-state index in [-0.39, 0.29) is 17.8 Å². The van der Waals surface area contributed by atoms with Gasteiger partial charge >= 0.3 is 0 Å². The molecule has 4 heteroatoms. The Bertz CT molecular complexity index is 322. The second kappa shape index (κ2) is 7.82. The molecule has 0 atom stereocenters. The Morgan fingerprint density at radius 2 is 1.67 bits per heavy atom. The molecule has 1 saturated heterocycles. The summed E-state index contributed by atoms with van der Waals surface area (Å²) in [6.07, 6.45) is 11.0. The summed E-state index contributed by atoms with van der Waals surface area (Å²) in [6, 6.07) is 0. The molecule has 1 amide bonds. The van der Waals surface area contributed by atoms with Gasteiger partial charge in [0, 0.05) is 19.6 Å². The first kappa shape index (κ1) is 18.8. The fourth-order valence-corrected chi connectivity index (χ4v) is 4.35. The number of rotatable bonds is 4. The largest absolute Gasteiger partial charge is 0.342 e. The number of likely N-dealkylation sites (tertiary alicyclic amines) is 1. The summed E-state index contributed by atoms with van der Waals surface area (Å²) in [6.45, 7) is 6.64. The lowest BCUT2D eigenvalue weighted by Crippen LogP contribution is -2.53. The van der Waals surface area contributed by atoms with Crippen LogP contribution in [-0.2, 0) is 4.79 Å². The highest BCUT2D eigenvalue weighted by Gasteiger charge is 2.43. The summed E-state index contributed by atoms with van der Waals surface area (Å²) in [5, 5.41) is 0. The molecule has 1 saturated carbocycles. The van der Waals surface area contributed by atoms with Gasteiger partial charge in [0.2, 0.25) is 5.91 Å². The van der Waals surface area contributed by atoms with Crippen LogP contribution in [0.3, 0.4) is 0 Å². The van der Waals surface area contributed by atoms with Crippen LogP contribution in [0.4, 0.5) is 0 Å². The van der Waals surface area contributed by atoms with Gasteiger partial charge in [0.25, 0.3) is 0 Å². The Kier molecular flexibility index (Phi) is 6.99. The van der Waals surface area contributed by atoms with Gasteiger partial charge in [0.1, 0.15) is 0 Å². The van der Waals surface area contributed by atoms with E-state index in [0.717, 1.165) is 25.9 Å². The fourth-order valence-electron chi connectivity index (χ4n) is 4.35. The molecule has 0 aromatic carbocycles. The van der Waals surface area contributed by atoms with Crippen LogP contribution in [0, 0.1) is 10.8 Å². The van der Waals surface area contributed by atoms with E-state index in [1.54, 1.807) is 0 Å². The Balaban J connectivity index is 0.00000220. The number of piperidine rings is 1. The molecule has 1 heterocycles. The number of hydrogen-bond acceptors (Lipinski definition) is 2. The minimum atomic E-state index is -0.312. The van der Waals surface area contributed by atoms with Crippen molar-refractivity contribution in [3.8, 4) is 0 Å². The molecule has 2 fully saturated rings. The number of carbonyl (C=O) groups excluding carboxylic acids is 1. The van der Waals surface area contributed by atoms with Crippen molar-refractivity contribution in [2.45, 2.75) is 71.6 Å². The van der Waals surface area contributed by atoms with Crippen molar-refractivity contribution in [2.24, 2.45) is 16.6 Å². The van der Waals surface area contributed by atoms with Gasteiger partial charge in [-0.2, -0.15) is 0 Å². The first-order valence-electron chi connectivity index (χ1n) is 8.61. The average molecular weight is 317 g/mol. The van der Waals surface area contributed by atoms with Crippen LogP contribution in [-0.4, -0.2) is 30.4 Å². The summed E-state index contributed by atoms with van der Waals surface area (Å²) in [4.78, 5) is 15.1. The van der Waals surface area contributed by atoms with Crippen LogP contribution in [0.2, 0.25) is 0 Å². The Morgan fingerprint density at radius 3 is 2.19 bits per heavy atom. The maximum Gasteiger partial charge on any atom is 0.230 e. The predicted octanol–water partition coefficient (Wildman–Crippen LogP) is 3.75. The van der Waals surface area contributed by atoms with E-state index >= 15 is 0 Å². The van der Waals surface area contributed by atoms with Gasteiger partial charge in [-0.15, -0.1) is 12.4 Å². The maximum atomic E-state index is 13.0. The third-order valence-corrected chi connectivity index (χ3v) is 6.06. The highest BCUT2D eigenvalue weighted by Crippen LogP contribution is 2.44. The predicted molar refractivity (Wildman–Crippen MR) is 90.6 cm³/mol. The Hall–Kier alpha value is -0.280. The summed E-state index contributed by atoms with van der Waals surface area (Å²) in [7, 11) is 0. The molecule has 0 radical (unpaired) electrons. The summed E-state index contributed by atoms with van der Waals surface area (Å²) >= 11 is 0. The van der Waals surface area contributed by atoms with E-state index in [1.807, 2.05) is 0 Å². The van der Waals surface area contributed by atoms with Crippen LogP contribution in [0.5, 0.6) is 0 Å². The molecule has 21 heavy (non-hydrogen) atoms. The van der Waals surface area contributed by atoms with E-state index in [9.17, 15) is 4.79 Å². The number of halogens is 1. The van der Waals surface area contributed by atoms with Gasteiger partial charge in [0.15, 0.2) is 0 Å². The number of amides is 1. The standard InChI is InChI=1S/C17H32N2O.ClH/c1-3-17(4-2,13-18)15(20)19-12-8-11-16(14-19)9-6-5-7-10-16;/h3-14,18H2,1-2H3;1H. The SMILES string of the molecule is CCC(CC)(CN)C(=O)N1CCCC2(CCCCC2)C1.Cl. The van der Waals surface area contributed by atoms with Gasteiger partial charge < -0.3 is 10.6 Å². The van der Waals surface area contributed by atoms with Gasteiger partial charge in [-0.3, -0.25) is 4.79 Å². The Labute approximate surface area is 136 Å². The average Bonchev–Trinajstić information content (AvgIpc) is 2.50.